The lowest BCUT2D eigenvalue weighted by atomic mass is 9.71. The number of carbonyl (C=O) groups is 1. The molecule has 0 spiro atoms. The Bertz CT molecular complexity index is 458. The molecule has 2 N–H and O–H groups in total. The van der Waals surface area contributed by atoms with Crippen molar-refractivity contribution in [1.29, 1.82) is 0 Å². The first-order valence-electron chi connectivity index (χ1n) is 7.28. The van der Waals surface area contributed by atoms with Crippen LogP contribution in [-0.4, -0.2) is 19.5 Å². The van der Waals surface area contributed by atoms with E-state index < -0.39 is 0 Å². The van der Waals surface area contributed by atoms with Crippen LogP contribution in [0.2, 0.25) is 0 Å². The molecule has 118 valence electrons. The fourth-order valence-corrected chi connectivity index (χ4v) is 3.00. The summed E-state index contributed by atoms with van der Waals surface area (Å²) >= 11 is 0. The van der Waals surface area contributed by atoms with Crippen molar-refractivity contribution in [2.45, 2.75) is 38.5 Å². The van der Waals surface area contributed by atoms with Crippen LogP contribution in [-0.2, 0) is 4.79 Å². The lowest BCUT2D eigenvalue weighted by Gasteiger charge is -2.36. The smallest absolute Gasteiger partial charge is 0.227 e. The quantitative estimate of drug-likeness (QED) is 0.924. The van der Waals surface area contributed by atoms with E-state index in [9.17, 15) is 9.18 Å². The third kappa shape index (κ3) is 4.42. The molecule has 1 aliphatic carbocycles. The fraction of sp³-hybridized carbons (Fsp3) is 0.562. The number of hydrogen-bond acceptors (Lipinski definition) is 2. The molecule has 0 heterocycles. The number of carbonyl (C=O) groups excluding carboxylic acids is 1. The molecule has 5 heteroatoms. The van der Waals surface area contributed by atoms with Gasteiger partial charge in [-0.3, -0.25) is 4.79 Å². The summed E-state index contributed by atoms with van der Waals surface area (Å²) in [4.78, 5) is 14.0. The first-order valence-corrected chi connectivity index (χ1v) is 7.28. The van der Waals surface area contributed by atoms with Crippen LogP contribution >= 0.6 is 12.4 Å². The molecule has 2 rings (SSSR count). The Morgan fingerprint density at radius 1 is 1.24 bits per heavy atom. The Hall–Kier alpha value is -1.13. The molecule has 1 saturated carbocycles. The van der Waals surface area contributed by atoms with Gasteiger partial charge in [0.2, 0.25) is 5.91 Å². The van der Waals surface area contributed by atoms with Crippen LogP contribution in [0.15, 0.2) is 24.3 Å². The third-order valence-corrected chi connectivity index (χ3v) is 4.46. The highest BCUT2D eigenvalue weighted by Gasteiger charge is 2.34. The van der Waals surface area contributed by atoms with E-state index in [2.05, 4.69) is 0 Å². The van der Waals surface area contributed by atoms with Crippen LogP contribution in [0, 0.1) is 11.2 Å². The maximum absolute atomic E-state index is 12.9. The van der Waals surface area contributed by atoms with Gasteiger partial charge in [0.25, 0.3) is 0 Å². The SMILES string of the molecule is CN(C(=O)CC1(CN)CCCCC1)c1ccc(F)cc1.Cl. The Morgan fingerprint density at radius 2 is 1.81 bits per heavy atom. The maximum Gasteiger partial charge on any atom is 0.227 e. The van der Waals surface area contributed by atoms with E-state index in [1.807, 2.05) is 0 Å². The van der Waals surface area contributed by atoms with Gasteiger partial charge in [-0.1, -0.05) is 19.3 Å². The Kier molecular flexibility index (Phi) is 6.62. The van der Waals surface area contributed by atoms with Crippen LogP contribution in [0.25, 0.3) is 0 Å². The van der Waals surface area contributed by atoms with Crippen LogP contribution in [0.4, 0.5) is 10.1 Å². The molecule has 0 bridgehead atoms. The molecule has 3 nitrogen and oxygen atoms in total. The monoisotopic (exact) mass is 314 g/mol. The summed E-state index contributed by atoms with van der Waals surface area (Å²) in [5, 5.41) is 0. The zero-order valence-corrected chi connectivity index (χ0v) is 13.3. The number of hydrogen-bond donors (Lipinski definition) is 1. The number of nitrogens with two attached hydrogens (primary N) is 1. The average Bonchev–Trinajstić information content (AvgIpc) is 2.48. The van der Waals surface area contributed by atoms with Crippen molar-refractivity contribution in [1.82, 2.24) is 0 Å². The van der Waals surface area contributed by atoms with Gasteiger partial charge in [0.15, 0.2) is 0 Å². The molecule has 0 aromatic heterocycles. The number of nitrogens with zero attached hydrogens (tertiary/aromatic N) is 1. The minimum atomic E-state index is -0.291. The second-order valence-corrected chi connectivity index (χ2v) is 5.87. The van der Waals surface area contributed by atoms with Crippen molar-refractivity contribution in [2.24, 2.45) is 11.1 Å². The molecule has 0 unspecified atom stereocenters. The van der Waals surface area contributed by atoms with Crippen LogP contribution in [0.1, 0.15) is 38.5 Å². The van der Waals surface area contributed by atoms with E-state index >= 15 is 0 Å². The van der Waals surface area contributed by atoms with Gasteiger partial charge in [0, 0.05) is 19.2 Å². The van der Waals surface area contributed by atoms with Crippen LogP contribution < -0.4 is 10.6 Å². The van der Waals surface area contributed by atoms with Gasteiger partial charge in [-0.25, -0.2) is 4.39 Å². The standard InChI is InChI=1S/C16H23FN2O.ClH/c1-19(14-7-5-13(17)6-8-14)15(20)11-16(12-18)9-3-2-4-10-16;/h5-8H,2-4,9-12,18H2,1H3;1H. The second-order valence-electron chi connectivity index (χ2n) is 5.87. The minimum Gasteiger partial charge on any atom is -0.330 e. The molecular weight excluding hydrogens is 291 g/mol. The molecule has 1 amide bonds. The van der Waals surface area contributed by atoms with Gasteiger partial charge in [0.05, 0.1) is 0 Å². The summed E-state index contributed by atoms with van der Waals surface area (Å²) in [6, 6.07) is 6.00. The highest BCUT2D eigenvalue weighted by molar-refractivity contribution is 5.93. The number of benzene rings is 1. The third-order valence-electron chi connectivity index (χ3n) is 4.46. The van der Waals surface area contributed by atoms with E-state index in [0.29, 0.717) is 13.0 Å². The summed E-state index contributed by atoms with van der Waals surface area (Å²) in [6.45, 7) is 0.565. The predicted molar refractivity (Wildman–Crippen MR) is 86.2 cm³/mol. The Labute approximate surface area is 132 Å². The van der Waals surface area contributed by atoms with Crippen molar-refractivity contribution < 1.29 is 9.18 Å². The Balaban J connectivity index is 0.00000220. The van der Waals surface area contributed by atoms with Gasteiger partial charge < -0.3 is 10.6 Å². The lowest BCUT2D eigenvalue weighted by Crippen LogP contribution is -2.39. The first kappa shape index (κ1) is 17.9. The predicted octanol–water partition coefficient (Wildman–Crippen LogP) is 3.51. The minimum absolute atomic E-state index is 0. The van der Waals surface area contributed by atoms with E-state index in [4.69, 9.17) is 5.73 Å². The summed E-state index contributed by atoms with van der Waals surface area (Å²) in [5.74, 6) is -0.232. The summed E-state index contributed by atoms with van der Waals surface area (Å²) < 4.78 is 12.9. The van der Waals surface area contributed by atoms with Crippen molar-refractivity contribution in [3.63, 3.8) is 0 Å². The maximum atomic E-state index is 12.9. The van der Waals surface area contributed by atoms with Crippen molar-refractivity contribution in [3.8, 4) is 0 Å². The molecule has 1 aromatic rings. The van der Waals surface area contributed by atoms with Crippen molar-refractivity contribution in [3.05, 3.63) is 30.1 Å². The molecule has 21 heavy (non-hydrogen) atoms. The van der Waals surface area contributed by atoms with Crippen molar-refractivity contribution >= 4 is 24.0 Å². The zero-order valence-electron chi connectivity index (χ0n) is 12.5. The topological polar surface area (TPSA) is 46.3 Å². The molecular formula is C16H24ClFN2O. The molecule has 1 aromatic carbocycles. The number of amides is 1. The molecule has 1 fully saturated rings. The largest absolute Gasteiger partial charge is 0.330 e. The summed E-state index contributed by atoms with van der Waals surface area (Å²) in [5.41, 5.74) is 6.61. The molecule has 0 aliphatic heterocycles. The zero-order chi connectivity index (χ0) is 14.6. The van der Waals surface area contributed by atoms with Gasteiger partial charge in [-0.2, -0.15) is 0 Å². The average molecular weight is 315 g/mol. The molecule has 0 atom stereocenters. The van der Waals surface area contributed by atoms with Crippen LogP contribution in [0.5, 0.6) is 0 Å². The molecule has 0 radical (unpaired) electrons. The highest BCUT2D eigenvalue weighted by Crippen LogP contribution is 2.39. The van der Waals surface area contributed by atoms with Gasteiger partial charge in [-0.05, 0) is 49.1 Å². The fourth-order valence-electron chi connectivity index (χ4n) is 3.00. The van der Waals surface area contributed by atoms with Gasteiger partial charge in [0.1, 0.15) is 5.82 Å². The molecule has 1 aliphatic rings. The van der Waals surface area contributed by atoms with E-state index in [0.717, 1.165) is 31.4 Å². The van der Waals surface area contributed by atoms with Gasteiger partial charge in [-0.15, -0.1) is 12.4 Å². The normalized spacial score (nSPS) is 16.9. The summed E-state index contributed by atoms with van der Waals surface area (Å²) in [7, 11) is 1.74. The van der Waals surface area contributed by atoms with E-state index in [-0.39, 0.29) is 29.5 Å². The molecule has 0 saturated heterocycles. The number of rotatable bonds is 4. The van der Waals surface area contributed by atoms with Crippen molar-refractivity contribution in [2.75, 3.05) is 18.5 Å². The Morgan fingerprint density at radius 3 is 2.33 bits per heavy atom. The number of halogens is 2. The number of anilines is 1. The van der Waals surface area contributed by atoms with E-state index in [1.165, 1.54) is 18.6 Å². The van der Waals surface area contributed by atoms with E-state index in [1.54, 1.807) is 24.1 Å². The summed E-state index contributed by atoms with van der Waals surface area (Å²) in [6.07, 6.45) is 6.11. The highest BCUT2D eigenvalue weighted by atomic mass is 35.5. The first-order chi connectivity index (χ1) is 9.56. The second kappa shape index (κ2) is 7.76. The van der Waals surface area contributed by atoms with Gasteiger partial charge >= 0.3 is 0 Å². The van der Waals surface area contributed by atoms with Crippen LogP contribution in [0.3, 0.4) is 0 Å². The lowest BCUT2D eigenvalue weighted by molar-refractivity contribution is -0.121.